The van der Waals surface area contributed by atoms with Gasteiger partial charge in [0.15, 0.2) is 0 Å². The molecule has 0 saturated carbocycles. The summed E-state index contributed by atoms with van der Waals surface area (Å²) < 4.78 is 0. The first-order chi connectivity index (χ1) is 7.36. The molecule has 82 valence electrons. The van der Waals surface area contributed by atoms with Crippen molar-refractivity contribution in [3.63, 3.8) is 0 Å². The highest BCUT2D eigenvalue weighted by molar-refractivity contribution is 8.06. The van der Waals surface area contributed by atoms with E-state index in [0.717, 1.165) is 23.2 Å². The highest BCUT2D eigenvalue weighted by Gasteiger charge is 2.13. The number of thioether (sulfide) groups is 2. The lowest BCUT2D eigenvalue weighted by Crippen LogP contribution is -2.23. The van der Waals surface area contributed by atoms with Gasteiger partial charge in [0.05, 0.1) is 11.4 Å². The van der Waals surface area contributed by atoms with Crippen molar-refractivity contribution in [1.29, 1.82) is 0 Å². The van der Waals surface area contributed by atoms with Gasteiger partial charge in [-0.15, -0.1) is 0 Å². The molecule has 4 heteroatoms. The second-order valence-electron chi connectivity index (χ2n) is 3.54. The Morgan fingerprint density at radius 1 is 1.33 bits per heavy atom. The molecule has 1 fully saturated rings. The third-order valence-electron chi connectivity index (χ3n) is 2.37. The van der Waals surface area contributed by atoms with Gasteiger partial charge in [-0.3, -0.25) is 0 Å². The number of benzene rings is 1. The molecule has 2 rings (SSSR count). The van der Waals surface area contributed by atoms with Gasteiger partial charge in [0.1, 0.15) is 0 Å². The lowest BCUT2D eigenvalue weighted by molar-refractivity contribution is 1.01. The molecule has 1 saturated heterocycles. The first kappa shape index (κ1) is 11.0. The number of hydrogen-bond donors (Lipinski definition) is 2. The second kappa shape index (κ2) is 5.56. The second-order valence-corrected chi connectivity index (χ2v) is 6.09. The monoisotopic (exact) mass is 240 g/mol. The zero-order chi connectivity index (χ0) is 10.5. The molecule has 1 aromatic carbocycles. The third-order valence-corrected chi connectivity index (χ3v) is 5.21. The molecule has 1 aromatic rings. The molecule has 3 N–H and O–H groups in total. The van der Waals surface area contributed by atoms with Gasteiger partial charge in [0, 0.05) is 29.1 Å². The van der Waals surface area contributed by atoms with Gasteiger partial charge in [-0.25, -0.2) is 0 Å². The van der Waals surface area contributed by atoms with Crippen LogP contribution in [0.15, 0.2) is 24.3 Å². The summed E-state index contributed by atoms with van der Waals surface area (Å²) in [5.41, 5.74) is 7.76. The van der Waals surface area contributed by atoms with E-state index in [1.165, 1.54) is 17.3 Å². The van der Waals surface area contributed by atoms with Crippen LogP contribution in [0.4, 0.5) is 11.4 Å². The lowest BCUT2D eigenvalue weighted by atomic mass is 10.2. The fourth-order valence-corrected chi connectivity index (χ4v) is 4.15. The summed E-state index contributed by atoms with van der Waals surface area (Å²) >= 11 is 4.11. The number of anilines is 2. The maximum absolute atomic E-state index is 5.86. The van der Waals surface area contributed by atoms with Crippen molar-refractivity contribution >= 4 is 34.9 Å². The van der Waals surface area contributed by atoms with Gasteiger partial charge in [-0.2, -0.15) is 23.5 Å². The quantitative estimate of drug-likeness (QED) is 0.796. The Hall–Kier alpha value is -0.480. The Morgan fingerprint density at radius 3 is 2.93 bits per heavy atom. The van der Waals surface area contributed by atoms with Gasteiger partial charge in [0.25, 0.3) is 0 Å². The molecule has 1 heterocycles. The zero-order valence-electron chi connectivity index (χ0n) is 8.61. The molecule has 0 aromatic heterocycles. The van der Waals surface area contributed by atoms with Crippen LogP contribution in [0, 0.1) is 0 Å². The topological polar surface area (TPSA) is 38.0 Å². The van der Waals surface area contributed by atoms with Crippen molar-refractivity contribution in [1.82, 2.24) is 0 Å². The Kier molecular flexibility index (Phi) is 4.09. The van der Waals surface area contributed by atoms with E-state index in [2.05, 4.69) is 28.8 Å². The predicted octanol–water partition coefficient (Wildman–Crippen LogP) is 2.53. The number of para-hydroxylation sites is 2. The first-order valence-corrected chi connectivity index (χ1v) is 7.34. The van der Waals surface area contributed by atoms with Crippen LogP contribution in [0.25, 0.3) is 0 Å². The highest BCUT2D eigenvalue weighted by Crippen LogP contribution is 2.25. The summed E-state index contributed by atoms with van der Waals surface area (Å²) in [6, 6.07) is 7.95. The van der Waals surface area contributed by atoms with E-state index in [4.69, 9.17) is 5.73 Å². The summed E-state index contributed by atoms with van der Waals surface area (Å²) in [7, 11) is 0. The van der Waals surface area contributed by atoms with Crippen molar-refractivity contribution in [2.75, 3.05) is 34.9 Å². The van der Waals surface area contributed by atoms with Crippen LogP contribution in [-0.4, -0.2) is 29.1 Å². The van der Waals surface area contributed by atoms with E-state index in [-0.39, 0.29) is 0 Å². The number of nitrogens with one attached hydrogen (secondary N) is 1. The van der Waals surface area contributed by atoms with Crippen LogP contribution in [0.2, 0.25) is 0 Å². The average Bonchev–Trinajstić information content (AvgIpc) is 2.29. The van der Waals surface area contributed by atoms with Crippen LogP contribution in [0.5, 0.6) is 0 Å². The number of nitrogen functional groups attached to an aromatic ring is 1. The van der Waals surface area contributed by atoms with E-state index >= 15 is 0 Å². The molecule has 0 bridgehead atoms. The van der Waals surface area contributed by atoms with E-state index in [0.29, 0.717) is 0 Å². The maximum atomic E-state index is 5.86. The summed E-state index contributed by atoms with van der Waals surface area (Å²) in [5, 5.41) is 4.15. The molecule has 0 amide bonds. The molecular formula is C11H16N2S2. The molecule has 1 aliphatic rings. The largest absolute Gasteiger partial charge is 0.397 e. The van der Waals surface area contributed by atoms with Crippen LogP contribution in [-0.2, 0) is 0 Å². The molecule has 1 unspecified atom stereocenters. The minimum absolute atomic E-state index is 0.725. The summed E-state index contributed by atoms with van der Waals surface area (Å²) in [6.45, 7) is 1.02. The Balaban J connectivity index is 1.84. The van der Waals surface area contributed by atoms with Gasteiger partial charge in [0.2, 0.25) is 0 Å². The molecule has 0 aliphatic carbocycles. The van der Waals surface area contributed by atoms with Crippen molar-refractivity contribution in [2.24, 2.45) is 0 Å². The molecule has 1 atom stereocenters. The van der Waals surface area contributed by atoms with Crippen LogP contribution >= 0.6 is 23.5 Å². The normalized spacial score (nSPS) is 21.2. The first-order valence-electron chi connectivity index (χ1n) is 5.14. The molecule has 2 nitrogen and oxygen atoms in total. The Bertz CT molecular complexity index is 311. The minimum Gasteiger partial charge on any atom is -0.397 e. The maximum Gasteiger partial charge on any atom is 0.0574 e. The van der Waals surface area contributed by atoms with Gasteiger partial charge in [-0.1, -0.05) is 12.1 Å². The van der Waals surface area contributed by atoms with E-state index in [9.17, 15) is 0 Å². The number of rotatable bonds is 3. The van der Waals surface area contributed by atoms with Crippen LogP contribution < -0.4 is 11.1 Å². The zero-order valence-corrected chi connectivity index (χ0v) is 10.2. The Morgan fingerprint density at radius 2 is 2.20 bits per heavy atom. The molecular weight excluding hydrogens is 224 g/mol. The average molecular weight is 240 g/mol. The minimum atomic E-state index is 0.725. The highest BCUT2D eigenvalue weighted by atomic mass is 32.2. The van der Waals surface area contributed by atoms with Crippen molar-refractivity contribution in [3.05, 3.63) is 24.3 Å². The standard InChI is InChI=1S/C11H16N2S2/c12-10-3-1-2-4-11(10)13-7-9-8-14-5-6-15-9/h1-4,9,13H,5-8,12H2. The Labute approximate surface area is 99.4 Å². The summed E-state index contributed by atoms with van der Waals surface area (Å²) in [4.78, 5) is 0. The van der Waals surface area contributed by atoms with Crippen molar-refractivity contribution < 1.29 is 0 Å². The molecule has 0 spiro atoms. The third kappa shape index (κ3) is 3.24. The van der Waals surface area contributed by atoms with Gasteiger partial charge >= 0.3 is 0 Å². The fourth-order valence-electron chi connectivity index (χ4n) is 1.54. The van der Waals surface area contributed by atoms with E-state index in [1.54, 1.807) is 0 Å². The van der Waals surface area contributed by atoms with Crippen LogP contribution in [0.3, 0.4) is 0 Å². The fraction of sp³-hybridized carbons (Fsp3) is 0.455. The molecule has 0 radical (unpaired) electrons. The smallest absolute Gasteiger partial charge is 0.0574 e. The summed E-state index contributed by atoms with van der Waals surface area (Å²) in [6.07, 6.45) is 0. The SMILES string of the molecule is Nc1ccccc1NCC1CSCCS1. The van der Waals surface area contributed by atoms with Gasteiger partial charge in [-0.05, 0) is 12.1 Å². The van der Waals surface area contributed by atoms with E-state index < -0.39 is 0 Å². The number of hydrogen-bond acceptors (Lipinski definition) is 4. The van der Waals surface area contributed by atoms with Gasteiger partial charge < -0.3 is 11.1 Å². The summed E-state index contributed by atoms with van der Waals surface area (Å²) in [5.74, 6) is 3.83. The lowest BCUT2D eigenvalue weighted by Gasteiger charge is -2.22. The van der Waals surface area contributed by atoms with Crippen molar-refractivity contribution in [3.8, 4) is 0 Å². The number of nitrogens with two attached hydrogens (primary N) is 1. The van der Waals surface area contributed by atoms with E-state index in [1.807, 2.05) is 24.3 Å². The molecule has 1 aliphatic heterocycles. The van der Waals surface area contributed by atoms with Crippen molar-refractivity contribution in [2.45, 2.75) is 5.25 Å². The molecule has 15 heavy (non-hydrogen) atoms. The van der Waals surface area contributed by atoms with Crippen LogP contribution in [0.1, 0.15) is 0 Å². The predicted molar refractivity (Wildman–Crippen MR) is 72.9 cm³/mol.